The largest absolute Gasteiger partial charge is 0.489 e. The van der Waals surface area contributed by atoms with Crippen LogP contribution >= 0.6 is 11.8 Å². The van der Waals surface area contributed by atoms with Crippen LogP contribution in [0.1, 0.15) is 41.4 Å². The highest BCUT2D eigenvalue weighted by Gasteiger charge is 2.48. The lowest BCUT2D eigenvalue weighted by atomic mass is 9.81. The van der Waals surface area contributed by atoms with Crippen LogP contribution < -0.4 is 15.8 Å². The van der Waals surface area contributed by atoms with Crippen molar-refractivity contribution in [3.05, 3.63) is 83.4 Å². The Balaban J connectivity index is 1.33. The lowest BCUT2D eigenvalue weighted by Crippen LogP contribution is -2.46. The molecule has 5 N–H and O–H groups in total. The van der Waals surface area contributed by atoms with E-state index in [2.05, 4.69) is 15.3 Å². The number of nitrogens with two attached hydrogens (primary N) is 1. The highest BCUT2D eigenvalue weighted by atomic mass is 32.2. The number of halogens is 1. The average Bonchev–Trinajstić information content (AvgIpc) is 3.72. The van der Waals surface area contributed by atoms with Crippen molar-refractivity contribution in [3.8, 4) is 17.0 Å². The van der Waals surface area contributed by atoms with Gasteiger partial charge in [0.25, 0.3) is 5.91 Å². The number of aliphatic hydroxyl groups is 2. The summed E-state index contributed by atoms with van der Waals surface area (Å²) in [5, 5.41) is 26.0. The Bertz CT molecular complexity index is 1710. The van der Waals surface area contributed by atoms with Gasteiger partial charge in [-0.15, -0.1) is 11.8 Å². The van der Waals surface area contributed by atoms with Crippen molar-refractivity contribution < 1.29 is 28.9 Å². The number of carbonyl (C=O) groups excluding carboxylic acids is 2. The summed E-state index contributed by atoms with van der Waals surface area (Å²) in [6, 6.07) is 14.3. The molecule has 4 aromatic rings. The van der Waals surface area contributed by atoms with Crippen molar-refractivity contribution in [2.24, 2.45) is 5.73 Å². The van der Waals surface area contributed by atoms with Crippen molar-refractivity contribution in [1.82, 2.24) is 15.3 Å². The fraction of sp³-hybridized carbons (Fsp3) is 0.290. The van der Waals surface area contributed by atoms with Gasteiger partial charge in [0.05, 0.1) is 24.4 Å². The van der Waals surface area contributed by atoms with Crippen molar-refractivity contribution in [2.75, 3.05) is 19.8 Å². The third kappa shape index (κ3) is 5.08. The average molecular weight is 589 g/mol. The first-order valence-electron chi connectivity index (χ1n) is 13.5. The minimum Gasteiger partial charge on any atom is -0.489 e. The molecule has 1 aliphatic heterocycles. The Labute approximate surface area is 245 Å². The van der Waals surface area contributed by atoms with Crippen LogP contribution in [0.25, 0.3) is 22.2 Å². The van der Waals surface area contributed by atoms with Crippen molar-refractivity contribution in [3.63, 3.8) is 0 Å². The van der Waals surface area contributed by atoms with Gasteiger partial charge in [0.1, 0.15) is 34.9 Å². The molecule has 1 aliphatic carbocycles. The smallest absolute Gasteiger partial charge is 0.251 e. The number of hydrogen-bond donors (Lipinski definition) is 4. The molecule has 0 spiro atoms. The first-order chi connectivity index (χ1) is 20.1. The molecule has 0 unspecified atom stereocenters. The van der Waals surface area contributed by atoms with Crippen molar-refractivity contribution >= 4 is 34.5 Å². The molecular formula is C31H29FN4O5S. The van der Waals surface area contributed by atoms with E-state index in [1.165, 1.54) is 37.3 Å². The number of nitrogens with one attached hydrogen (secondary N) is 1. The number of aromatic nitrogens is 2. The summed E-state index contributed by atoms with van der Waals surface area (Å²) in [6.45, 7) is 0.416. The normalized spacial score (nSPS) is 19.1. The predicted octanol–water partition coefficient (Wildman–Crippen LogP) is 3.44. The van der Waals surface area contributed by atoms with E-state index in [0.717, 1.165) is 28.6 Å². The monoisotopic (exact) mass is 588 g/mol. The Morgan fingerprint density at radius 2 is 1.98 bits per heavy atom. The van der Waals surface area contributed by atoms with Crippen LogP contribution in [0.4, 0.5) is 4.39 Å². The van der Waals surface area contributed by atoms with Gasteiger partial charge < -0.3 is 26.0 Å². The van der Waals surface area contributed by atoms with E-state index in [1.807, 2.05) is 18.2 Å². The molecule has 0 saturated heterocycles. The number of hydrogen-bond acceptors (Lipinski definition) is 8. The molecule has 11 heteroatoms. The zero-order valence-electron chi connectivity index (χ0n) is 22.8. The molecule has 2 amide bonds. The summed E-state index contributed by atoms with van der Waals surface area (Å²) in [5.74, 6) is -1.43. The van der Waals surface area contributed by atoms with Crippen LogP contribution in [0.15, 0.2) is 65.7 Å². The van der Waals surface area contributed by atoms with Crippen molar-refractivity contribution in [2.45, 2.75) is 40.9 Å². The number of carbonyl (C=O) groups is 2. The van der Waals surface area contributed by atoms with E-state index >= 15 is 0 Å². The number of rotatable bonds is 9. The summed E-state index contributed by atoms with van der Waals surface area (Å²) < 4.78 is 19.5. The summed E-state index contributed by atoms with van der Waals surface area (Å²) in [6.07, 6.45) is 3.99. The van der Waals surface area contributed by atoms with Gasteiger partial charge in [0, 0.05) is 38.4 Å². The number of pyridine rings is 2. The number of aliphatic hydroxyl groups excluding tert-OH is 1. The molecule has 2 aliphatic rings. The lowest BCUT2D eigenvalue weighted by Gasteiger charge is -2.27. The minimum atomic E-state index is -1.72. The number of amides is 2. The van der Waals surface area contributed by atoms with E-state index in [-0.39, 0.29) is 41.8 Å². The number of fused-ring (bicyclic) bond motifs is 2. The first-order valence-corrected chi connectivity index (χ1v) is 14.4. The van der Waals surface area contributed by atoms with Crippen LogP contribution in [-0.2, 0) is 15.8 Å². The van der Waals surface area contributed by atoms with Gasteiger partial charge in [0.2, 0.25) is 5.91 Å². The summed E-state index contributed by atoms with van der Waals surface area (Å²) >= 11 is 1.71. The topological polar surface area (TPSA) is 148 Å². The first kappa shape index (κ1) is 28.1. The number of nitrogens with zero attached hydrogens (tertiary/aromatic N) is 2. The highest BCUT2D eigenvalue weighted by molar-refractivity contribution is 8.00. The number of primary amides is 1. The third-order valence-electron chi connectivity index (χ3n) is 7.71. The highest BCUT2D eigenvalue weighted by Crippen LogP contribution is 2.46. The SMILES string of the molecule is C[C@](O)(CNC(=O)c1cc(SC2CC2)c2ncccc2c1)c1cc2c(c(-c3ccc(F)cc3)n1)OC[C@@]2(CO)C(N)=O. The summed E-state index contributed by atoms with van der Waals surface area (Å²) in [5.41, 5.74) is 4.79. The van der Waals surface area contributed by atoms with Crippen LogP contribution in [0.5, 0.6) is 5.75 Å². The second kappa shape index (κ2) is 10.6. The quantitative estimate of drug-likeness (QED) is 0.233. The minimum absolute atomic E-state index is 0.109. The maximum Gasteiger partial charge on any atom is 0.251 e. The fourth-order valence-electron chi connectivity index (χ4n) is 4.99. The summed E-state index contributed by atoms with van der Waals surface area (Å²) in [4.78, 5) is 35.9. The molecule has 216 valence electrons. The van der Waals surface area contributed by atoms with E-state index < -0.39 is 29.3 Å². The Kier molecular flexibility index (Phi) is 7.12. The molecule has 0 radical (unpaired) electrons. The zero-order chi connectivity index (χ0) is 29.6. The van der Waals surface area contributed by atoms with Crippen LogP contribution in [0.3, 0.4) is 0 Å². The Morgan fingerprint density at radius 3 is 2.67 bits per heavy atom. The summed E-state index contributed by atoms with van der Waals surface area (Å²) in [7, 11) is 0. The molecule has 2 aromatic carbocycles. The Morgan fingerprint density at radius 1 is 1.21 bits per heavy atom. The fourth-order valence-corrected chi connectivity index (χ4v) is 6.20. The van der Waals surface area contributed by atoms with E-state index in [0.29, 0.717) is 16.4 Å². The van der Waals surface area contributed by atoms with Crippen LogP contribution in [0.2, 0.25) is 0 Å². The maximum absolute atomic E-state index is 13.7. The second-order valence-corrected chi connectivity index (χ2v) is 12.3. The molecule has 1 fully saturated rings. The van der Waals surface area contributed by atoms with Crippen LogP contribution in [-0.4, -0.2) is 57.0 Å². The zero-order valence-corrected chi connectivity index (χ0v) is 23.6. The van der Waals surface area contributed by atoms with Gasteiger partial charge in [-0.3, -0.25) is 14.6 Å². The number of benzene rings is 2. The number of ether oxygens (including phenoxy) is 1. The Hall–Kier alpha value is -4.06. The van der Waals surface area contributed by atoms with Gasteiger partial charge in [-0.2, -0.15) is 0 Å². The van der Waals surface area contributed by atoms with Gasteiger partial charge in [-0.05, 0) is 68.3 Å². The van der Waals surface area contributed by atoms with Gasteiger partial charge in [-0.1, -0.05) is 6.07 Å². The van der Waals surface area contributed by atoms with Crippen LogP contribution in [0, 0.1) is 5.82 Å². The second-order valence-electron chi connectivity index (χ2n) is 11.0. The molecule has 42 heavy (non-hydrogen) atoms. The molecule has 0 bridgehead atoms. The maximum atomic E-state index is 13.7. The number of thioether (sulfide) groups is 1. The van der Waals surface area contributed by atoms with E-state index in [1.54, 1.807) is 24.0 Å². The van der Waals surface area contributed by atoms with E-state index in [9.17, 15) is 24.2 Å². The van der Waals surface area contributed by atoms with Crippen molar-refractivity contribution in [1.29, 1.82) is 0 Å². The van der Waals surface area contributed by atoms with Gasteiger partial charge in [-0.25, -0.2) is 9.37 Å². The standard InChI is InChI=1S/C31H29FN4O5S/c1-30(40,14-35-28(38)19-11-18-3-2-10-34-25(18)23(12-19)42-21-8-9-21)24-13-22-27(41-16-31(22,15-37)29(33)39)26(36-24)17-4-6-20(32)7-5-17/h2-7,10-13,21,37,40H,8-9,14-16H2,1H3,(H2,33,39)(H,35,38)/t30-,31+/m0/s1. The molecule has 6 rings (SSSR count). The molecule has 3 heterocycles. The molecule has 2 aromatic heterocycles. The molecule has 2 atom stereocenters. The van der Waals surface area contributed by atoms with E-state index in [4.69, 9.17) is 10.5 Å². The predicted molar refractivity (Wildman–Crippen MR) is 156 cm³/mol. The molecular weight excluding hydrogens is 559 g/mol. The molecule has 1 saturated carbocycles. The third-order valence-corrected chi connectivity index (χ3v) is 9.08. The van der Waals surface area contributed by atoms with Gasteiger partial charge >= 0.3 is 0 Å². The van der Waals surface area contributed by atoms with Gasteiger partial charge in [0.15, 0.2) is 0 Å². The lowest BCUT2D eigenvalue weighted by molar-refractivity contribution is -0.125. The molecule has 9 nitrogen and oxygen atoms in total.